The van der Waals surface area contributed by atoms with Gasteiger partial charge in [0.1, 0.15) is 17.5 Å². The zero-order chi connectivity index (χ0) is 18.6. The summed E-state index contributed by atoms with van der Waals surface area (Å²) in [6.45, 7) is 3.98. The first kappa shape index (κ1) is 17.5. The van der Waals surface area contributed by atoms with E-state index in [0.717, 1.165) is 10.6 Å². The number of carboxylic acid groups (broad SMARTS) is 1. The molecule has 138 valence electrons. The van der Waals surface area contributed by atoms with Gasteiger partial charge < -0.3 is 14.7 Å². The predicted molar refractivity (Wildman–Crippen MR) is 95.3 cm³/mol. The molecular formula is C19H20FNO4S. The lowest BCUT2D eigenvalue weighted by molar-refractivity contribution is -0.162. The van der Waals surface area contributed by atoms with E-state index in [1.807, 2.05) is 35.2 Å². The van der Waals surface area contributed by atoms with Crippen LogP contribution in [0, 0.1) is 11.8 Å². The molecule has 4 rings (SSSR count). The number of piperidine rings is 1. The van der Waals surface area contributed by atoms with E-state index in [2.05, 4.69) is 6.58 Å². The highest BCUT2D eigenvalue weighted by atomic mass is 32.2. The molecule has 1 aromatic rings. The van der Waals surface area contributed by atoms with Crippen LogP contribution in [-0.2, 0) is 14.3 Å². The maximum Gasteiger partial charge on any atom is 0.317 e. The highest BCUT2D eigenvalue weighted by Gasteiger charge is 2.62. The fourth-order valence-corrected chi connectivity index (χ4v) is 5.94. The van der Waals surface area contributed by atoms with Gasteiger partial charge in [0.05, 0.1) is 17.2 Å². The second-order valence-electron chi connectivity index (χ2n) is 7.01. The van der Waals surface area contributed by atoms with E-state index in [1.165, 1.54) is 18.9 Å². The van der Waals surface area contributed by atoms with Crippen LogP contribution in [-0.4, -0.2) is 52.6 Å². The van der Waals surface area contributed by atoms with Crippen molar-refractivity contribution in [1.29, 1.82) is 0 Å². The third-order valence-corrected chi connectivity index (χ3v) is 7.02. The third kappa shape index (κ3) is 2.41. The lowest BCUT2D eigenvalue weighted by atomic mass is 9.66. The smallest absolute Gasteiger partial charge is 0.317 e. The first-order chi connectivity index (χ1) is 12.5. The van der Waals surface area contributed by atoms with Gasteiger partial charge in [0, 0.05) is 18.9 Å². The molecule has 5 nitrogen and oxygen atoms in total. The number of carbonyl (C=O) groups is 2. The number of thioether (sulfide) groups is 1. The van der Waals surface area contributed by atoms with Crippen LogP contribution in [0.1, 0.15) is 17.9 Å². The summed E-state index contributed by atoms with van der Waals surface area (Å²) in [5.74, 6) is -3.90. The number of fused-ring (bicyclic) bond motifs is 3. The van der Waals surface area contributed by atoms with E-state index in [1.54, 1.807) is 0 Å². The van der Waals surface area contributed by atoms with Crippen molar-refractivity contribution in [2.75, 3.05) is 7.11 Å². The van der Waals surface area contributed by atoms with Crippen LogP contribution in [0.4, 0.5) is 4.39 Å². The lowest BCUT2D eigenvalue weighted by Crippen LogP contribution is -2.70. The lowest BCUT2D eigenvalue weighted by Gasteiger charge is -2.60. The van der Waals surface area contributed by atoms with E-state index in [4.69, 9.17) is 4.74 Å². The SMILES string of the molecule is C=C1SC2C(C(=O)O)C(=O)C3CC(F)C(c4ccccc4)C(OC)C3N12. The Hall–Kier alpha value is -1.86. The Morgan fingerprint density at radius 3 is 2.65 bits per heavy atom. The molecule has 7 atom stereocenters. The Bertz CT molecular complexity index is 757. The average Bonchev–Trinajstić information content (AvgIpc) is 2.61. The molecule has 7 heteroatoms. The minimum Gasteiger partial charge on any atom is -0.481 e. The molecule has 0 spiro atoms. The van der Waals surface area contributed by atoms with Crippen molar-refractivity contribution in [3.05, 3.63) is 47.5 Å². The molecule has 3 aliphatic rings. The molecule has 1 aliphatic carbocycles. The number of halogens is 1. The molecule has 0 amide bonds. The van der Waals surface area contributed by atoms with Gasteiger partial charge in [0.15, 0.2) is 5.78 Å². The molecule has 3 fully saturated rings. The number of hydrogen-bond acceptors (Lipinski definition) is 5. The molecule has 1 N–H and O–H groups in total. The quantitative estimate of drug-likeness (QED) is 0.817. The number of carbonyl (C=O) groups excluding carboxylic acids is 1. The molecule has 2 aliphatic heterocycles. The summed E-state index contributed by atoms with van der Waals surface area (Å²) < 4.78 is 20.9. The number of aliphatic carboxylic acids is 1. The molecular weight excluding hydrogens is 357 g/mol. The molecule has 1 aromatic carbocycles. The third-order valence-electron chi connectivity index (χ3n) is 5.79. The van der Waals surface area contributed by atoms with Gasteiger partial charge in [0.2, 0.25) is 0 Å². The fourth-order valence-electron chi connectivity index (χ4n) is 4.70. The van der Waals surface area contributed by atoms with Gasteiger partial charge in [-0.25, -0.2) is 4.39 Å². The van der Waals surface area contributed by atoms with Crippen LogP contribution >= 0.6 is 11.8 Å². The number of Topliss-reactive ketones (excluding diaryl/α,β-unsaturated/α-hetero) is 1. The van der Waals surface area contributed by atoms with E-state index in [0.29, 0.717) is 0 Å². The van der Waals surface area contributed by atoms with Gasteiger partial charge >= 0.3 is 5.97 Å². The van der Waals surface area contributed by atoms with E-state index < -0.39 is 41.4 Å². The van der Waals surface area contributed by atoms with Crippen LogP contribution < -0.4 is 0 Å². The van der Waals surface area contributed by atoms with E-state index in [-0.39, 0.29) is 18.2 Å². The number of methoxy groups -OCH3 is 1. The summed E-state index contributed by atoms with van der Waals surface area (Å²) in [6.07, 6.45) is -1.82. The molecule has 0 radical (unpaired) electrons. The summed E-state index contributed by atoms with van der Waals surface area (Å²) in [5.41, 5.74) is 0.827. The fraction of sp³-hybridized carbons (Fsp3) is 0.474. The van der Waals surface area contributed by atoms with Gasteiger partial charge in [-0.2, -0.15) is 0 Å². The van der Waals surface area contributed by atoms with E-state index >= 15 is 4.39 Å². The Morgan fingerprint density at radius 1 is 1.38 bits per heavy atom. The molecule has 7 unspecified atom stereocenters. The number of rotatable bonds is 3. The maximum atomic E-state index is 15.2. The number of ketones is 1. The van der Waals surface area contributed by atoms with E-state index in [9.17, 15) is 14.7 Å². The second-order valence-corrected chi connectivity index (χ2v) is 8.20. The zero-order valence-corrected chi connectivity index (χ0v) is 15.1. The molecule has 1 saturated carbocycles. The van der Waals surface area contributed by atoms with Gasteiger partial charge in [-0.1, -0.05) is 48.7 Å². The first-order valence-electron chi connectivity index (χ1n) is 8.58. The monoisotopic (exact) mass is 377 g/mol. The summed E-state index contributed by atoms with van der Waals surface area (Å²) in [7, 11) is 1.52. The topological polar surface area (TPSA) is 66.8 Å². The van der Waals surface area contributed by atoms with Crippen LogP contribution in [0.3, 0.4) is 0 Å². The maximum absolute atomic E-state index is 15.2. The summed E-state index contributed by atoms with van der Waals surface area (Å²) >= 11 is 1.30. The minimum atomic E-state index is -1.28. The van der Waals surface area contributed by atoms with Crippen molar-refractivity contribution in [2.45, 2.75) is 36.0 Å². The molecule has 0 aromatic heterocycles. The Morgan fingerprint density at radius 2 is 2.08 bits per heavy atom. The summed E-state index contributed by atoms with van der Waals surface area (Å²) in [4.78, 5) is 26.4. The number of benzene rings is 1. The standard InChI is InChI=1S/C19H20FNO4S/c1-9-21-15-11(16(22)14(19(23)24)18(21)26-9)8-12(20)13(17(15)25-2)10-6-4-3-5-7-10/h3-7,11-15,17-18H,1,8H2,2H3,(H,23,24). The van der Waals surface area contributed by atoms with Gasteiger partial charge in [-0.3, -0.25) is 9.59 Å². The van der Waals surface area contributed by atoms with Crippen LogP contribution in [0.25, 0.3) is 0 Å². The molecule has 0 bridgehead atoms. The number of carboxylic acids is 1. The molecule has 2 saturated heterocycles. The van der Waals surface area contributed by atoms with Gasteiger partial charge in [-0.05, 0) is 12.0 Å². The highest BCUT2D eigenvalue weighted by Crippen LogP contribution is 2.56. The van der Waals surface area contributed by atoms with Crippen LogP contribution in [0.2, 0.25) is 0 Å². The van der Waals surface area contributed by atoms with Crippen molar-refractivity contribution < 1.29 is 23.8 Å². The van der Waals surface area contributed by atoms with Crippen molar-refractivity contribution in [1.82, 2.24) is 4.90 Å². The predicted octanol–water partition coefficient (Wildman–Crippen LogP) is 2.64. The molecule has 2 heterocycles. The van der Waals surface area contributed by atoms with Crippen molar-refractivity contribution in [2.24, 2.45) is 11.8 Å². The normalized spacial score (nSPS) is 39.0. The number of alkyl halides is 1. The van der Waals surface area contributed by atoms with Crippen molar-refractivity contribution >= 4 is 23.5 Å². The highest BCUT2D eigenvalue weighted by molar-refractivity contribution is 8.05. The van der Waals surface area contributed by atoms with Crippen LogP contribution in [0.5, 0.6) is 0 Å². The van der Waals surface area contributed by atoms with Crippen molar-refractivity contribution in [3.63, 3.8) is 0 Å². The minimum absolute atomic E-state index is 0.00781. The summed E-state index contributed by atoms with van der Waals surface area (Å²) in [6, 6.07) is 8.93. The second kappa shape index (κ2) is 6.39. The largest absolute Gasteiger partial charge is 0.481 e. The van der Waals surface area contributed by atoms with Gasteiger partial charge in [0.25, 0.3) is 0 Å². The Balaban J connectivity index is 1.75. The number of nitrogens with zero attached hydrogens (tertiary/aromatic N) is 1. The number of hydrogen-bond donors (Lipinski definition) is 1. The summed E-state index contributed by atoms with van der Waals surface area (Å²) in [5, 5.41) is 9.74. The first-order valence-corrected chi connectivity index (χ1v) is 9.46. The Kier molecular flexibility index (Phi) is 4.31. The Labute approximate surface area is 155 Å². The molecule has 26 heavy (non-hydrogen) atoms. The average molecular weight is 377 g/mol. The number of ether oxygens (including phenoxy) is 1. The zero-order valence-electron chi connectivity index (χ0n) is 14.2. The van der Waals surface area contributed by atoms with Crippen LogP contribution in [0.15, 0.2) is 41.9 Å². The van der Waals surface area contributed by atoms with Gasteiger partial charge in [-0.15, -0.1) is 0 Å². The van der Waals surface area contributed by atoms with Crippen molar-refractivity contribution in [3.8, 4) is 0 Å².